The van der Waals surface area contributed by atoms with Crippen molar-refractivity contribution in [2.75, 3.05) is 6.61 Å². The summed E-state index contributed by atoms with van der Waals surface area (Å²) in [7, 11) is 0. The molecule has 1 nitrogen and oxygen atoms in total. The maximum absolute atomic E-state index is 10.0. The summed E-state index contributed by atoms with van der Waals surface area (Å²) in [5.74, 6) is 7.11. The first-order valence-corrected chi connectivity index (χ1v) is 7.42. The third-order valence-electron chi connectivity index (χ3n) is 7.56. The van der Waals surface area contributed by atoms with Crippen LogP contribution in [0, 0.1) is 46.8 Å². The molecule has 1 heteroatoms. The van der Waals surface area contributed by atoms with Crippen LogP contribution in [-0.4, -0.2) is 11.7 Å². The molecule has 7 aliphatic rings. The van der Waals surface area contributed by atoms with Crippen LogP contribution < -0.4 is 0 Å². The smallest absolute Gasteiger partial charge is 0.0493 e. The van der Waals surface area contributed by atoms with Crippen LogP contribution in [0.1, 0.15) is 38.5 Å². The number of hydrogen-bond acceptors (Lipinski definition) is 1. The van der Waals surface area contributed by atoms with Crippen molar-refractivity contribution in [3.8, 4) is 0 Å². The van der Waals surface area contributed by atoms with Crippen LogP contribution >= 0.6 is 0 Å². The van der Waals surface area contributed by atoms with E-state index < -0.39 is 0 Å². The topological polar surface area (TPSA) is 20.2 Å². The first-order valence-electron chi connectivity index (χ1n) is 7.42. The second-order valence-electron chi connectivity index (χ2n) is 7.71. The Morgan fingerprint density at radius 1 is 0.812 bits per heavy atom. The lowest BCUT2D eigenvalue weighted by atomic mass is 9.32. The minimum atomic E-state index is 0.421. The Morgan fingerprint density at radius 2 is 1.44 bits per heavy atom. The second kappa shape index (κ2) is 2.53. The minimum Gasteiger partial charge on any atom is -0.396 e. The van der Waals surface area contributed by atoms with Gasteiger partial charge in [-0.1, -0.05) is 0 Å². The first-order chi connectivity index (χ1) is 7.82. The summed E-state index contributed by atoms with van der Waals surface area (Å²) in [5, 5.41) is 10.0. The van der Waals surface area contributed by atoms with Gasteiger partial charge in [-0.25, -0.2) is 0 Å². The van der Waals surface area contributed by atoms with Gasteiger partial charge in [-0.15, -0.1) is 0 Å². The summed E-state index contributed by atoms with van der Waals surface area (Å²) in [6.45, 7) is 0.519. The van der Waals surface area contributed by atoms with E-state index in [-0.39, 0.29) is 0 Å². The van der Waals surface area contributed by atoms with Crippen LogP contribution in [-0.2, 0) is 0 Å². The zero-order valence-electron chi connectivity index (χ0n) is 9.94. The van der Waals surface area contributed by atoms with Crippen LogP contribution in [0.3, 0.4) is 0 Å². The highest BCUT2D eigenvalue weighted by atomic mass is 16.3. The summed E-state index contributed by atoms with van der Waals surface area (Å²) in [6, 6.07) is 0. The van der Waals surface area contributed by atoms with Crippen molar-refractivity contribution >= 4 is 0 Å². The van der Waals surface area contributed by atoms with Gasteiger partial charge >= 0.3 is 0 Å². The Bertz CT molecular complexity index is 325. The molecule has 0 spiro atoms. The fourth-order valence-electron chi connectivity index (χ4n) is 7.45. The Labute approximate surface area is 97.6 Å². The Morgan fingerprint density at radius 3 is 2.06 bits per heavy atom. The molecule has 4 unspecified atom stereocenters. The van der Waals surface area contributed by atoms with Gasteiger partial charge in [0, 0.05) is 6.61 Å². The minimum absolute atomic E-state index is 0.421. The van der Waals surface area contributed by atoms with Gasteiger partial charge in [0.2, 0.25) is 0 Å². The van der Waals surface area contributed by atoms with Crippen molar-refractivity contribution in [1.82, 2.24) is 0 Å². The van der Waals surface area contributed by atoms with E-state index in [9.17, 15) is 5.11 Å². The SMILES string of the molecule is O[13CH2]C12CC3CC4C5CC(CC41)CC2C5C3. The maximum atomic E-state index is 10.0. The van der Waals surface area contributed by atoms with E-state index in [2.05, 4.69) is 0 Å². The van der Waals surface area contributed by atoms with Crippen LogP contribution in [0.5, 0.6) is 0 Å². The zero-order chi connectivity index (χ0) is 10.5. The normalized spacial score (nSPS) is 69.2. The van der Waals surface area contributed by atoms with Crippen LogP contribution in [0.25, 0.3) is 0 Å². The molecule has 0 aliphatic heterocycles. The van der Waals surface area contributed by atoms with E-state index >= 15 is 0 Å². The molecule has 7 aliphatic carbocycles. The molecule has 0 saturated heterocycles. The van der Waals surface area contributed by atoms with Crippen molar-refractivity contribution in [3.63, 3.8) is 0 Å². The molecule has 0 radical (unpaired) electrons. The van der Waals surface area contributed by atoms with Gasteiger partial charge in [0.1, 0.15) is 0 Å². The quantitative estimate of drug-likeness (QED) is 0.672. The van der Waals surface area contributed by atoms with E-state index in [1.54, 1.807) is 6.42 Å². The maximum Gasteiger partial charge on any atom is 0.0493 e. The van der Waals surface area contributed by atoms with Crippen LogP contribution in [0.2, 0.25) is 0 Å². The summed E-state index contributed by atoms with van der Waals surface area (Å²) < 4.78 is 0. The van der Waals surface area contributed by atoms with Crippen LogP contribution in [0.15, 0.2) is 0 Å². The van der Waals surface area contributed by atoms with E-state index in [1.807, 2.05) is 0 Å². The molecule has 4 atom stereocenters. The molecule has 8 bridgehead atoms. The van der Waals surface area contributed by atoms with E-state index in [0.717, 1.165) is 41.4 Å². The van der Waals surface area contributed by atoms with Gasteiger partial charge in [0.15, 0.2) is 0 Å². The van der Waals surface area contributed by atoms with Gasteiger partial charge in [-0.3, -0.25) is 0 Å². The lowest BCUT2D eigenvalue weighted by Crippen LogP contribution is -2.68. The van der Waals surface area contributed by atoms with Gasteiger partial charge < -0.3 is 5.11 Å². The number of hydrogen-bond donors (Lipinski definition) is 1. The molecule has 7 saturated carbocycles. The lowest BCUT2D eigenvalue weighted by molar-refractivity contribution is -0.265. The molecule has 16 heavy (non-hydrogen) atoms. The van der Waals surface area contributed by atoms with Crippen molar-refractivity contribution < 1.29 is 5.11 Å². The molecular formula is C15H22O. The molecule has 1 N–H and O–H groups in total. The molecule has 0 heterocycles. The summed E-state index contributed by atoms with van der Waals surface area (Å²) >= 11 is 0. The average molecular weight is 219 g/mol. The van der Waals surface area contributed by atoms with Gasteiger partial charge in [-0.05, 0) is 85.4 Å². The summed E-state index contributed by atoms with van der Waals surface area (Å²) in [6.07, 6.45) is 9.00. The predicted molar refractivity (Wildman–Crippen MR) is 61.7 cm³/mol. The highest BCUT2D eigenvalue weighted by molar-refractivity contribution is 5.18. The largest absolute Gasteiger partial charge is 0.396 e. The summed E-state index contributed by atoms with van der Waals surface area (Å²) in [5.41, 5.74) is 0.421. The predicted octanol–water partition coefficient (Wildman–Crippen LogP) is 2.69. The standard InChI is InChI=1S/C15H22O/c16-7-15-6-9-2-11-10-1-8(4-13(11)15)5-14(15)12(10)3-9/h8-14,16H,1-7H2/i7+1. The molecule has 88 valence electrons. The van der Waals surface area contributed by atoms with Crippen molar-refractivity contribution in [2.45, 2.75) is 38.5 Å². The highest BCUT2D eigenvalue weighted by Gasteiger charge is 2.69. The van der Waals surface area contributed by atoms with Crippen molar-refractivity contribution in [1.29, 1.82) is 0 Å². The average Bonchev–Trinajstić information content (AvgIpc) is 2.34. The molecule has 0 aromatic rings. The molecular weight excluding hydrogens is 197 g/mol. The molecule has 0 amide bonds. The Hall–Kier alpha value is -0.0400. The second-order valence-corrected chi connectivity index (χ2v) is 7.71. The van der Waals surface area contributed by atoms with Gasteiger partial charge in [0.05, 0.1) is 0 Å². The lowest BCUT2D eigenvalue weighted by Gasteiger charge is -2.74. The van der Waals surface area contributed by atoms with Gasteiger partial charge in [0.25, 0.3) is 0 Å². The van der Waals surface area contributed by atoms with Gasteiger partial charge in [-0.2, -0.15) is 0 Å². The molecule has 0 aromatic heterocycles. The molecule has 0 aromatic carbocycles. The Balaban J connectivity index is 1.71. The fourth-order valence-corrected chi connectivity index (χ4v) is 7.45. The monoisotopic (exact) mass is 219 g/mol. The number of aliphatic hydroxyl groups is 1. The third-order valence-corrected chi connectivity index (χ3v) is 7.56. The zero-order valence-corrected chi connectivity index (χ0v) is 9.94. The number of rotatable bonds is 1. The van der Waals surface area contributed by atoms with E-state index in [4.69, 9.17) is 0 Å². The van der Waals surface area contributed by atoms with Crippen LogP contribution in [0.4, 0.5) is 0 Å². The fraction of sp³-hybridized carbons (Fsp3) is 1.00. The summed E-state index contributed by atoms with van der Waals surface area (Å²) in [4.78, 5) is 0. The molecule has 7 rings (SSSR count). The van der Waals surface area contributed by atoms with Crippen molar-refractivity contribution in [3.05, 3.63) is 0 Å². The molecule has 7 fully saturated rings. The first kappa shape index (κ1) is 8.97. The Kier molecular flexibility index (Phi) is 1.42. The van der Waals surface area contributed by atoms with E-state index in [0.29, 0.717) is 12.0 Å². The van der Waals surface area contributed by atoms with Crippen molar-refractivity contribution in [2.24, 2.45) is 46.8 Å². The van der Waals surface area contributed by atoms with E-state index in [1.165, 1.54) is 32.1 Å². The third kappa shape index (κ3) is 0.749. The highest BCUT2D eigenvalue weighted by Crippen LogP contribution is 2.75. The number of aliphatic hydroxyl groups excluding tert-OH is 1.